The number of primary sulfonamides is 1. The van der Waals surface area contributed by atoms with Crippen LogP contribution in [-0.4, -0.2) is 41.4 Å². The second-order valence-corrected chi connectivity index (χ2v) is 13.4. The van der Waals surface area contributed by atoms with Crippen LogP contribution in [-0.2, 0) is 22.9 Å². The second kappa shape index (κ2) is 11.8. The van der Waals surface area contributed by atoms with Crippen molar-refractivity contribution in [2.45, 2.75) is 37.5 Å². The highest BCUT2D eigenvalue weighted by molar-refractivity contribution is 7.89. The van der Waals surface area contributed by atoms with E-state index < -0.39 is 32.5 Å². The molecule has 232 valence electrons. The maximum Gasteiger partial charge on any atom is 0.355 e. The molecule has 0 unspecified atom stereocenters. The third-order valence-electron chi connectivity index (χ3n) is 7.79. The predicted molar refractivity (Wildman–Crippen MR) is 165 cm³/mol. The predicted octanol–water partition coefficient (Wildman–Crippen LogP) is 6.15. The van der Waals surface area contributed by atoms with Crippen molar-refractivity contribution < 1.29 is 31.8 Å². The lowest BCUT2D eigenvalue weighted by Gasteiger charge is -2.12. The molecule has 0 amide bonds. The molecule has 3 aromatic carbocycles. The van der Waals surface area contributed by atoms with Crippen LogP contribution in [0.2, 0.25) is 0 Å². The van der Waals surface area contributed by atoms with Gasteiger partial charge in [0, 0.05) is 28.5 Å². The number of hydrogen-bond acceptors (Lipinski definition) is 7. The Morgan fingerprint density at radius 1 is 1.09 bits per heavy atom. The number of methoxy groups -OCH3 is 1. The van der Waals surface area contributed by atoms with Gasteiger partial charge in [0.1, 0.15) is 22.3 Å². The van der Waals surface area contributed by atoms with Crippen LogP contribution in [0.3, 0.4) is 0 Å². The molecular formula is C32H28F2N4O5S2. The SMILES string of the molecule is COc1ccc(-c2cc(-c3nn(-c4nc(C(=O)O)cs4)c(CC4CC4)c3Cc3ccc(S(N)(=O)=O)c(F)c3)ccc2F)cc1C. The number of aromatic nitrogens is 3. The molecule has 0 saturated heterocycles. The van der Waals surface area contributed by atoms with Crippen LogP contribution >= 0.6 is 11.3 Å². The molecule has 2 aromatic heterocycles. The molecule has 2 heterocycles. The molecule has 1 aliphatic rings. The fraction of sp³-hybridized carbons (Fsp3) is 0.219. The molecule has 1 aliphatic carbocycles. The van der Waals surface area contributed by atoms with Gasteiger partial charge < -0.3 is 9.84 Å². The Bertz CT molecular complexity index is 2070. The van der Waals surface area contributed by atoms with Gasteiger partial charge in [0.05, 0.1) is 18.5 Å². The van der Waals surface area contributed by atoms with E-state index in [4.69, 9.17) is 15.0 Å². The molecule has 0 atom stereocenters. The number of thiazole rings is 1. The Morgan fingerprint density at radius 2 is 1.84 bits per heavy atom. The lowest BCUT2D eigenvalue weighted by Crippen LogP contribution is -2.14. The summed E-state index contributed by atoms with van der Waals surface area (Å²) in [5.74, 6) is -1.53. The highest BCUT2D eigenvalue weighted by Gasteiger charge is 2.30. The number of hydrogen-bond donors (Lipinski definition) is 2. The number of carboxylic acids is 1. The van der Waals surface area contributed by atoms with Crippen LogP contribution in [0.15, 0.2) is 64.9 Å². The largest absolute Gasteiger partial charge is 0.496 e. The van der Waals surface area contributed by atoms with E-state index >= 15 is 4.39 Å². The number of carboxylic acid groups (broad SMARTS) is 1. The van der Waals surface area contributed by atoms with Crippen molar-refractivity contribution in [2.24, 2.45) is 11.1 Å². The molecule has 3 N–H and O–H groups in total. The Labute approximate surface area is 262 Å². The normalized spacial score (nSPS) is 13.3. The van der Waals surface area contributed by atoms with E-state index in [2.05, 4.69) is 4.98 Å². The van der Waals surface area contributed by atoms with E-state index in [-0.39, 0.29) is 12.1 Å². The number of halogens is 2. The zero-order chi connectivity index (χ0) is 32.0. The minimum Gasteiger partial charge on any atom is -0.496 e. The number of aryl methyl sites for hydroxylation is 1. The third kappa shape index (κ3) is 6.23. The van der Waals surface area contributed by atoms with Gasteiger partial charge in [-0.15, -0.1) is 11.3 Å². The van der Waals surface area contributed by atoms with E-state index in [9.17, 15) is 22.7 Å². The summed E-state index contributed by atoms with van der Waals surface area (Å²) >= 11 is 1.13. The van der Waals surface area contributed by atoms with Crippen molar-refractivity contribution in [3.05, 3.63) is 99.7 Å². The standard InChI is InChI=1S/C32H28F2N4O5S2/c1-17-11-20(7-9-28(17)43-2)22-15-21(6-8-24(22)33)30-23(12-19-5-10-29(25(34)13-19)45(35,41)42)27(14-18-3-4-18)38(37-30)32-36-26(16-44-32)31(39)40/h5-11,13,15-16,18H,3-4,12,14H2,1-2H3,(H,39,40)(H2,35,41,42). The lowest BCUT2D eigenvalue weighted by molar-refractivity contribution is 0.0691. The first kappa shape index (κ1) is 30.6. The quantitative estimate of drug-likeness (QED) is 0.185. The second-order valence-electron chi connectivity index (χ2n) is 11.0. The summed E-state index contributed by atoms with van der Waals surface area (Å²) in [5.41, 5.74) is 4.71. The van der Waals surface area contributed by atoms with Crippen LogP contribution in [0, 0.1) is 24.5 Å². The number of rotatable bonds is 10. The highest BCUT2D eigenvalue weighted by atomic mass is 32.2. The molecule has 1 saturated carbocycles. The third-order valence-corrected chi connectivity index (χ3v) is 9.55. The van der Waals surface area contributed by atoms with Gasteiger partial charge in [-0.05, 0) is 91.3 Å². The number of carbonyl (C=O) groups is 1. The first-order valence-corrected chi connectivity index (χ1v) is 16.4. The highest BCUT2D eigenvalue weighted by Crippen LogP contribution is 2.39. The summed E-state index contributed by atoms with van der Waals surface area (Å²) in [4.78, 5) is 15.3. The number of nitrogens with two attached hydrogens (primary N) is 1. The van der Waals surface area contributed by atoms with Gasteiger partial charge in [0.15, 0.2) is 5.69 Å². The van der Waals surface area contributed by atoms with Crippen molar-refractivity contribution in [3.63, 3.8) is 0 Å². The van der Waals surface area contributed by atoms with E-state index in [0.717, 1.165) is 47.6 Å². The Hall–Kier alpha value is -4.46. The fourth-order valence-electron chi connectivity index (χ4n) is 5.35. The van der Waals surface area contributed by atoms with Crippen LogP contribution in [0.25, 0.3) is 27.5 Å². The summed E-state index contributed by atoms with van der Waals surface area (Å²) in [6.45, 7) is 1.87. The molecular weight excluding hydrogens is 623 g/mol. The molecule has 0 aliphatic heterocycles. The van der Waals surface area contributed by atoms with Crippen LogP contribution in [0.4, 0.5) is 8.78 Å². The number of benzene rings is 3. The van der Waals surface area contributed by atoms with E-state index in [1.54, 1.807) is 36.1 Å². The summed E-state index contributed by atoms with van der Waals surface area (Å²) in [7, 11) is -2.69. The summed E-state index contributed by atoms with van der Waals surface area (Å²) < 4.78 is 60.9. The van der Waals surface area contributed by atoms with Gasteiger partial charge >= 0.3 is 5.97 Å². The van der Waals surface area contributed by atoms with Gasteiger partial charge in [0.25, 0.3) is 0 Å². The Kier molecular flexibility index (Phi) is 8.02. The van der Waals surface area contributed by atoms with Gasteiger partial charge in [-0.1, -0.05) is 12.1 Å². The Balaban J connectivity index is 1.54. The molecule has 9 nitrogen and oxygen atoms in total. The van der Waals surface area contributed by atoms with Crippen molar-refractivity contribution >= 4 is 27.3 Å². The molecule has 13 heteroatoms. The van der Waals surface area contributed by atoms with Crippen molar-refractivity contribution in [2.75, 3.05) is 7.11 Å². The maximum absolute atomic E-state index is 15.3. The van der Waals surface area contributed by atoms with Crippen LogP contribution in [0.1, 0.15) is 45.7 Å². The molecule has 5 aromatic rings. The first-order chi connectivity index (χ1) is 21.4. The molecule has 0 bridgehead atoms. The molecule has 6 rings (SSSR count). The monoisotopic (exact) mass is 650 g/mol. The minimum absolute atomic E-state index is 0.120. The van der Waals surface area contributed by atoms with E-state index in [0.29, 0.717) is 56.7 Å². The van der Waals surface area contributed by atoms with Crippen molar-refractivity contribution in [1.29, 1.82) is 0 Å². The summed E-state index contributed by atoms with van der Waals surface area (Å²) in [5, 5.41) is 21.4. The van der Waals surface area contributed by atoms with Crippen LogP contribution < -0.4 is 9.88 Å². The summed E-state index contributed by atoms with van der Waals surface area (Å²) in [6.07, 6.45) is 2.78. The van der Waals surface area contributed by atoms with Crippen molar-refractivity contribution in [1.82, 2.24) is 14.8 Å². The molecule has 0 spiro atoms. The zero-order valence-corrected chi connectivity index (χ0v) is 25.9. The topological polar surface area (TPSA) is 137 Å². The number of nitrogens with zero attached hydrogens (tertiary/aromatic N) is 3. The van der Waals surface area contributed by atoms with Crippen molar-refractivity contribution in [3.8, 4) is 33.3 Å². The summed E-state index contributed by atoms with van der Waals surface area (Å²) in [6, 6.07) is 13.8. The lowest BCUT2D eigenvalue weighted by atomic mass is 9.94. The van der Waals surface area contributed by atoms with Gasteiger partial charge in [-0.2, -0.15) is 5.10 Å². The van der Waals surface area contributed by atoms with Gasteiger partial charge in [-0.3, -0.25) is 0 Å². The Morgan fingerprint density at radius 3 is 2.47 bits per heavy atom. The van der Waals surface area contributed by atoms with Crippen LogP contribution in [0.5, 0.6) is 5.75 Å². The number of ether oxygens (including phenoxy) is 1. The van der Waals surface area contributed by atoms with Gasteiger partial charge in [0.2, 0.25) is 15.2 Å². The fourth-order valence-corrected chi connectivity index (χ4v) is 6.72. The van der Waals surface area contributed by atoms with E-state index in [1.807, 2.05) is 13.0 Å². The molecule has 1 fully saturated rings. The van der Waals surface area contributed by atoms with E-state index in [1.165, 1.54) is 17.5 Å². The smallest absolute Gasteiger partial charge is 0.355 e. The molecule has 45 heavy (non-hydrogen) atoms. The number of aromatic carboxylic acids is 1. The maximum atomic E-state index is 15.3. The first-order valence-electron chi connectivity index (χ1n) is 14.0. The number of sulfonamides is 1. The average molecular weight is 651 g/mol. The average Bonchev–Trinajstić information content (AvgIpc) is 3.55. The van der Waals surface area contributed by atoms with Gasteiger partial charge in [-0.25, -0.2) is 36.8 Å². The minimum atomic E-state index is -4.26. The zero-order valence-electron chi connectivity index (χ0n) is 24.3. The molecule has 0 radical (unpaired) electrons.